The summed E-state index contributed by atoms with van der Waals surface area (Å²) in [5.41, 5.74) is 1.03. The first-order chi connectivity index (χ1) is 12.1. The van der Waals surface area contributed by atoms with Gasteiger partial charge in [0, 0.05) is 26.4 Å². The minimum atomic E-state index is -0.982. The lowest BCUT2D eigenvalue weighted by atomic mass is 10.0. The number of carboxylic acid groups (broad SMARTS) is 1. The molecule has 0 unspecified atom stereocenters. The highest BCUT2D eigenvalue weighted by Crippen LogP contribution is 2.26. The SMILES string of the molecule is CO[C@@H](C(=O)N1CCC(n2cc(C(=O)O)cn2)CC1)c1ccccc1. The summed E-state index contributed by atoms with van der Waals surface area (Å²) in [5.74, 6) is -1.02. The Morgan fingerprint density at radius 2 is 1.92 bits per heavy atom. The fourth-order valence-corrected chi connectivity index (χ4v) is 3.17. The maximum Gasteiger partial charge on any atom is 0.338 e. The topological polar surface area (TPSA) is 84.7 Å². The molecule has 1 aliphatic rings. The largest absolute Gasteiger partial charge is 0.478 e. The van der Waals surface area contributed by atoms with Crippen LogP contribution in [0.25, 0.3) is 0 Å². The highest BCUT2D eigenvalue weighted by molar-refractivity contribution is 5.86. The van der Waals surface area contributed by atoms with E-state index in [9.17, 15) is 9.59 Å². The molecule has 1 N–H and O–H groups in total. The Morgan fingerprint density at radius 3 is 2.48 bits per heavy atom. The van der Waals surface area contributed by atoms with E-state index >= 15 is 0 Å². The van der Waals surface area contributed by atoms with Gasteiger partial charge in [0.15, 0.2) is 6.10 Å². The lowest BCUT2D eigenvalue weighted by Gasteiger charge is -2.34. The number of amides is 1. The molecule has 1 fully saturated rings. The van der Waals surface area contributed by atoms with E-state index in [1.807, 2.05) is 30.3 Å². The Kier molecular flexibility index (Phi) is 5.14. The van der Waals surface area contributed by atoms with Crippen LogP contribution in [0.4, 0.5) is 0 Å². The number of ether oxygens (including phenoxy) is 1. The Labute approximate surface area is 145 Å². The van der Waals surface area contributed by atoms with Crippen molar-refractivity contribution in [1.29, 1.82) is 0 Å². The van der Waals surface area contributed by atoms with Crippen LogP contribution in [-0.4, -0.2) is 51.9 Å². The fourth-order valence-electron chi connectivity index (χ4n) is 3.17. The van der Waals surface area contributed by atoms with Crippen LogP contribution in [-0.2, 0) is 9.53 Å². The van der Waals surface area contributed by atoms with E-state index in [2.05, 4.69) is 5.10 Å². The summed E-state index contributed by atoms with van der Waals surface area (Å²) >= 11 is 0. The molecule has 1 aromatic carbocycles. The van der Waals surface area contributed by atoms with E-state index in [0.29, 0.717) is 13.1 Å². The number of carbonyl (C=O) groups is 2. The average molecular weight is 343 g/mol. The van der Waals surface area contributed by atoms with E-state index in [1.54, 1.807) is 22.9 Å². The number of likely N-dealkylation sites (tertiary alicyclic amines) is 1. The number of hydrogen-bond acceptors (Lipinski definition) is 4. The Morgan fingerprint density at radius 1 is 1.24 bits per heavy atom. The van der Waals surface area contributed by atoms with Gasteiger partial charge in [-0.25, -0.2) is 4.79 Å². The van der Waals surface area contributed by atoms with Crippen LogP contribution in [0.1, 0.15) is 40.9 Å². The molecule has 0 aliphatic carbocycles. The lowest BCUT2D eigenvalue weighted by molar-refractivity contribution is -0.143. The molecule has 7 heteroatoms. The van der Waals surface area contributed by atoms with Crippen LogP contribution >= 0.6 is 0 Å². The Hall–Kier alpha value is -2.67. The quantitative estimate of drug-likeness (QED) is 0.899. The second-order valence-electron chi connectivity index (χ2n) is 6.10. The van der Waals surface area contributed by atoms with Crippen molar-refractivity contribution in [2.24, 2.45) is 0 Å². The van der Waals surface area contributed by atoms with Gasteiger partial charge in [0.25, 0.3) is 5.91 Å². The van der Waals surface area contributed by atoms with Crippen molar-refractivity contribution in [3.05, 3.63) is 53.9 Å². The standard InChI is InChI=1S/C18H21N3O4/c1-25-16(13-5-3-2-4-6-13)17(22)20-9-7-15(8-10-20)21-12-14(11-19-21)18(23)24/h2-6,11-12,15-16H,7-10H2,1H3,(H,23,24)/t16-/m1/s1. The zero-order chi connectivity index (χ0) is 17.8. The van der Waals surface area contributed by atoms with Crippen molar-refractivity contribution < 1.29 is 19.4 Å². The number of piperidine rings is 1. The number of hydrogen-bond donors (Lipinski definition) is 1. The minimum absolute atomic E-state index is 0.0427. The van der Waals surface area contributed by atoms with Crippen molar-refractivity contribution in [3.8, 4) is 0 Å². The number of aromatic nitrogens is 2. The molecule has 1 amide bonds. The molecule has 1 saturated heterocycles. The molecular formula is C18H21N3O4. The van der Waals surface area contributed by atoms with Crippen molar-refractivity contribution in [1.82, 2.24) is 14.7 Å². The molecule has 1 aliphatic heterocycles. The zero-order valence-corrected chi connectivity index (χ0v) is 14.0. The zero-order valence-electron chi connectivity index (χ0n) is 14.0. The first-order valence-corrected chi connectivity index (χ1v) is 8.24. The molecular weight excluding hydrogens is 322 g/mol. The molecule has 1 aromatic heterocycles. The van der Waals surface area contributed by atoms with Crippen LogP contribution in [0.2, 0.25) is 0 Å². The molecule has 3 rings (SSSR count). The van der Waals surface area contributed by atoms with Crippen molar-refractivity contribution in [2.75, 3.05) is 20.2 Å². The lowest BCUT2D eigenvalue weighted by Crippen LogP contribution is -2.42. The first kappa shape index (κ1) is 17.2. The number of aromatic carboxylic acids is 1. The van der Waals surface area contributed by atoms with Crippen molar-refractivity contribution >= 4 is 11.9 Å². The monoisotopic (exact) mass is 343 g/mol. The molecule has 0 saturated carbocycles. The summed E-state index contributed by atoms with van der Waals surface area (Å²) in [6, 6.07) is 9.56. The van der Waals surface area contributed by atoms with Crippen LogP contribution in [0, 0.1) is 0 Å². The molecule has 2 heterocycles. The Bertz CT molecular complexity index is 736. The summed E-state index contributed by atoms with van der Waals surface area (Å²) in [7, 11) is 1.54. The summed E-state index contributed by atoms with van der Waals surface area (Å²) < 4.78 is 7.11. The van der Waals surface area contributed by atoms with E-state index in [0.717, 1.165) is 18.4 Å². The van der Waals surface area contributed by atoms with Gasteiger partial charge in [-0.2, -0.15) is 5.10 Å². The molecule has 1 atom stereocenters. The van der Waals surface area contributed by atoms with Gasteiger partial charge in [-0.3, -0.25) is 9.48 Å². The number of carboxylic acids is 1. The third kappa shape index (κ3) is 3.71. The molecule has 25 heavy (non-hydrogen) atoms. The molecule has 0 spiro atoms. The second kappa shape index (κ2) is 7.48. The minimum Gasteiger partial charge on any atom is -0.478 e. The molecule has 132 valence electrons. The highest BCUT2D eigenvalue weighted by atomic mass is 16.5. The highest BCUT2D eigenvalue weighted by Gasteiger charge is 2.30. The van der Waals surface area contributed by atoms with Crippen molar-refractivity contribution in [3.63, 3.8) is 0 Å². The predicted molar refractivity (Wildman–Crippen MR) is 90.2 cm³/mol. The Balaban J connectivity index is 1.63. The van der Waals surface area contributed by atoms with Crippen LogP contribution in [0.3, 0.4) is 0 Å². The van der Waals surface area contributed by atoms with Gasteiger partial charge < -0.3 is 14.7 Å². The van der Waals surface area contributed by atoms with Crippen LogP contribution in [0.5, 0.6) is 0 Å². The summed E-state index contributed by atoms with van der Waals surface area (Å²) in [6.45, 7) is 1.19. The predicted octanol–water partition coefficient (Wildman–Crippen LogP) is 2.13. The first-order valence-electron chi connectivity index (χ1n) is 8.24. The maximum absolute atomic E-state index is 12.8. The fraction of sp³-hybridized carbons (Fsp3) is 0.389. The number of methoxy groups -OCH3 is 1. The second-order valence-corrected chi connectivity index (χ2v) is 6.10. The third-order valence-corrected chi connectivity index (χ3v) is 4.56. The van der Waals surface area contributed by atoms with Gasteiger partial charge >= 0.3 is 5.97 Å². The number of benzene rings is 1. The van der Waals surface area contributed by atoms with E-state index in [4.69, 9.17) is 9.84 Å². The average Bonchev–Trinajstić information content (AvgIpc) is 3.14. The summed E-state index contributed by atoms with van der Waals surface area (Å²) in [4.78, 5) is 25.5. The molecule has 0 radical (unpaired) electrons. The summed E-state index contributed by atoms with van der Waals surface area (Å²) in [5, 5.41) is 13.1. The smallest absolute Gasteiger partial charge is 0.338 e. The van der Waals surface area contributed by atoms with E-state index in [-0.39, 0.29) is 17.5 Å². The number of rotatable bonds is 5. The van der Waals surface area contributed by atoms with Crippen LogP contribution < -0.4 is 0 Å². The molecule has 7 nitrogen and oxygen atoms in total. The van der Waals surface area contributed by atoms with E-state index < -0.39 is 12.1 Å². The van der Waals surface area contributed by atoms with Gasteiger partial charge in [-0.15, -0.1) is 0 Å². The third-order valence-electron chi connectivity index (χ3n) is 4.56. The maximum atomic E-state index is 12.8. The number of carbonyl (C=O) groups excluding carboxylic acids is 1. The normalized spacial score (nSPS) is 16.6. The van der Waals surface area contributed by atoms with E-state index in [1.165, 1.54) is 6.20 Å². The summed E-state index contributed by atoms with van der Waals surface area (Å²) in [6.07, 6.45) is 3.78. The van der Waals surface area contributed by atoms with Gasteiger partial charge in [0.1, 0.15) is 0 Å². The molecule has 0 bridgehead atoms. The van der Waals surface area contributed by atoms with Gasteiger partial charge in [-0.1, -0.05) is 30.3 Å². The van der Waals surface area contributed by atoms with Crippen LogP contribution in [0.15, 0.2) is 42.7 Å². The number of nitrogens with zero attached hydrogens (tertiary/aromatic N) is 3. The van der Waals surface area contributed by atoms with Gasteiger partial charge in [-0.05, 0) is 18.4 Å². The van der Waals surface area contributed by atoms with Gasteiger partial charge in [0.2, 0.25) is 0 Å². The van der Waals surface area contributed by atoms with Crippen molar-refractivity contribution in [2.45, 2.75) is 25.0 Å². The van der Waals surface area contributed by atoms with Gasteiger partial charge in [0.05, 0.1) is 17.8 Å². The molecule has 2 aromatic rings.